The minimum absolute atomic E-state index is 0.525. The largest absolute Gasteiger partial charge is 0.402 e. The van der Waals surface area contributed by atoms with Crippen LogP contribution in [-0.2, 0) is 6.42 Å². The highest BCUT2D eigenvalue weighted by Crippen LogP contribution is 2.38. The van der Waals surface area contributed by atoms with Crippen LogP contribution in [0.5, 0.6) is 0 Å². The van der Waals surface area contributed by atoms with Crippen LogP contribution in [-0.4, -0.2) is 10.4 Å². The first-order valence-electron chi connectivity index (χ1n) is 18.3. The van der Waals surface area contributed by atoms with E-state index >= 15 is 0 Å². The summed E-state index contributed by atoms with van der Waals surface area (Å²) in [5.41, 5.74) is 26.7. The van der Waals surface area contributed by atoms with Gasteiger partial charge < -0.3 is 16.0 Å². The number of amidine groups is 1. The number of hydrogen-bond donors (Lipinski definition) is 2. The summed E-state index contributed by atoms with van der Waals surface area (Å²) >= 11 is 0. The third-order valence-electron chi connectivity index (χ3n) is 9.67. The molecule has 0 saturated carbocycles. The second-order valence-electron chi connectivity index (χ2n) is 13.3. The van der Waals surface area contributed by atoms with E-state index < -0.39 is 0 Å². The number of hydrogen-bond acceptors (Lipinski definition) is 2. The molecule has 0 spiro atoms. The molecule has 51 heavy (non-hydrogen) atoms. The molecule has 4 nitrogen and oxygen atoms in total. The number of aliphatic imine (C=N–C) groups is 1. The topological polar surface area (TPSA) is 69.3 Å². The van der Waals surface area contributed by atoms with Gasteiger partial charge in [-0.25, -0.2) is 4.99 Å². The predicted molar refractivity (Wildman–Crippen MR) is 221 cm³/mol. The molecule has 0 saturated heterocycles. The summed E-state index contributed by atoms with van der Waals surface area (Å²) in [6.45, 7) is 6.29. The van der Waals surface area contributed by atoms with Gasteiger partial charge in [-0.2, -0.15) is 0 Å². The van der Waals surface area contributed by atoms with E-state index in [2.05, 4.69) is 140 Å². The van der Waals surface area contributed by atoms with E-state index in [4.69, 9.17) is 16.5 Å². The molecule has 4 aromatic rings. The van der Waals surface area contributed by atoms with Crippen molar-refractivity contribution in [3.63, 3.8) is 0 Å². The fraction of sp³-hybridized carbons (Fsp3) is 0.213. The fourth-order valence-corrected chi connectivity index (χ4v) is 6.90. The van der Waals surface area contributed by atoms with Gasteiger partial charge in [0.15, 0.2) is 0 Å². The van der Waals surface area contributed by atoms with Gasteiger partial charge in [-0.05, 0) is 118 Å². The van der Waals surface area contributed by atoms with Crippen molar-refractivity contribution in [2.75, 3.05) is 0 Å². The van der Waals surface area contributed by atoms with Crippen molar-refractivity contribution in [3.05, 3.63) is 173 Å². The summed E-state index contributed by atoms with van der Waals surface area (Å²) in [5.74, 6) is 0.525. The Kier molecular flexibility index (Phi) is 11.6. The van der Waals surface area contributed by atoms with E-state index in [1.165, 1.54) is 44.4 Å². The maximum atomic E-state index is 6.63. The zero-order chi connectivity index (χ0) is 35.6. The molecule has 3 aromatic carbocycles. The van der Waals surface area contributed by atoms with Crippen LogP contribution in [0.4, 0.5) is 0 Å². The second kappa shape index (κ2) is 16.9. The molecule has 0 fully saturated rings. The van der Waals surface area contributed by atoms with E-state index in [1.807, 2.05) is 25.2 Å². The van der Waals surface area contributed by atoms with Crippen LogP contribution in [0.3, 0.4) is 0 Å². The molecular formula is C47H50N4. The van der Waals surface area contributed by atoms with Crippen molar-refractivity contribution < 1.29 is 0 Å². The normalized spacial score (nSPS) is 16.4. The maximum Gasteiger partial charge on any atom is 0.131 e. The van der Waals surface area contributed by atoms with Gasteiger partial charge in [-0.1, -0.05) is 103 Å². The van der Waals surface area contributed by atoms with Crippen LogP contribution in [0, 0.1) is 0 Å². The molecule has 0 radical (unpaired) electrons. The minimum atomic E-state index is 0.525. The SMILES string of the molecule is C/C=C\C=C(/N)C/C=C(\N=C(N)C1=CCCCC=C1)c1ccc(-n2c3c(c4cc(-c5ccccc5)ccc42)C=C(/C(C)=C/C=C\C)CCC3)cc1. The van der Waals surface area contributed by atoms with Gasteiger partial charge in [-0.15, -0.1) is 0 Å². The lowest BCUT2D eigenvalue weighted by Gasteiger charge is -2.13. The van der Waals surface area contributed by atoms with E-state index in [0.717, 1.165) is 66.7 Å². The number of nitrogens with zero attached hydrogens (tertiary/aromatic N) is 2. The first kappa shape index (κ1) is 35.2. The van der Waals surface area contributed by atoms with Crippen LogP contribution in [0.2, 0.25) is 0 Å². The minimum Gasteiger partial charge on any atom is -0.402 e. The third kappa shape index (κ3) is 8.41. The number of allylic oxidation sites excluding steroid dienone is 11. The number of rotatable bonds is 10. The first-order chi connectivity index (χ1) is 25.0. The lowest BCUT2D eigenvalue weighted by Crippen LogP contribution is -2.14. The second-order valence-corrected chi connectivity index (χ2v) is 13.3. The number of aromatic nitrogens is 1. The Morgan fingerprint density at radius 3 is 2.41 bits per heavy atom. The summed E-state index contributed by atoms with van der Waals surface area (Å²) in [5, 5.41) is 1.28. The Morgan fingerprint density at radius 1 is 0.843 bits per heavy atom. The Bertz CT molecular complexity index is 2140. The summed E-state index contributed by atoms with van der Waals surface area (Å²) in [4.78, 5) is 4.98. The molecule has 1 heterocycles. The molecule has 4 N–H and O–H groups in total. The molecule has 0 atom stereocenters. The van der Waals surface area contributed by atoms with E-state index in [1.54, 1.807) is 0 Å². The highest BCUT2D eigenvalue weighted by molar-refractivity contribution is 6.02. The summed E-state index contributed by atoms with van der Waals surface area (Å²) in [6.07, 6.45) is 30.2. The van der Waals surface area contributed by atoms with E-state index in [9.17, 15) is 0 Å². The molecule has 2 aliphatic carbocycles. The molecule has 258 valence electrons. The van der Waals surface area contributed by atoms with E-state index in [-0.39, 0.29) is 0 Å². The molecule has 0 bridgehead atoms. The Hall–Kier alpha value is -5.61. The van der Waals surface area contributed by atoms with Crippen molar-refractivity contribution in [1.82, 2.24) is 4.57 Å². The van der Waals surface area contributed by atoms with Gasteiger partial charge in [-0.3, -0.25) is 0 Å². The predicted octanol–water partition coefficient (Wildman–Crippen LogP) is 11.7. The molecule has 2 aliphatic rings. The van der Waals surface area contributed by atoms with Crippen molar-refractivity contribution in [2.45, 2.75) is 65.7 Å². The van der Waals surface area contributed by atoms with Crippen LogP contribution in [0.1, 0.15) is 76.1 Å². The lowest BCUT2D eigenvalue weighted by molar-refractivity contribution is 0.791. The zero-order valence-corrected chi connectivity index (χ0v) is 30.3. The highest BCUT2D eigenvalue weighted by atomic mass is 15.0. The Labute approximate surface area is 304 Å². The maximum absolute atomic E-state index is 6.63. The summed E-state index contributed by atoms with van der Waals surface area (Å²) in [7, 11) is 0. The van der Waals surface area contributed by atoms with Crippen LogP contribution >= 0.6 is 0 Å². The molecule has 0 aliphatic heterocycles. The van der Waals surface area contributed by atoms with Gasteiger partial charge in [0.1, 0.15) is 5.84 Å². The standard InChI is InChI=1S/C47H50N4/c1-4-6-16-34(3)38-21-15-23-45-42(32-38)43-33-39(35-17-13-10-14-18-35)26-31-46(43)51(45)41-28-24-36(25-29-41)44(30-27-40(48)22-7-5-2)50-47(49)37-19-11-8-9-12-20-37/h4-7,10-11,13-14,16-20,22,24-26,28-33H,8-9,12,15,21,23,27,48H2,1-3H3,(H2,49,50)/b6-4-,7-5-,34-16+,40-22-,44-30-. The lowest BCUT2D eigenvalue weighted by atomic mass is 9.99. The van der Waals surface area contributed by atoms with Crippen LogP contribution < -0.4 is 11.5 Å². The molecule has 6 rings (SSSR count). The molecule has 1 aromatic heterocycles. The fourth-order valence-electron chi connectivity index (χ4n) is 6.90. The van der Waals surface area contributed by atoms with Crippen molar-refractivity contribution >= 4 is 28.5 Å². The Morgan fingerprint density at radius 2 is 1.63 bits per heavy atom. The quantitative estimate of drug-likeness (QED) is 0.100. The highest BCUT2D eigenvalue weighted by Gasteiger charge is 2.21. The van der Waals surface area contributed by atoms with Gasteiger partial charge in [0.05, 0.1) is 11.2 Å². The van der Waals surface area contributed by atoms with Crippen LogP contribution in [0.15, 0.2) is 161 Å². The molecule has 4 heteroatoms. The first-order valence-corrected chi connectivity index (χ1v) is 18.3. The number of fused-ring (bicyclic) bond motifs is 3. The molecule has 0 amide bonds. The third-order valence-corrected chi connectivity index (χ3v) is 9.67. The van der Waals surface area contributed by atoms with Crippen molar-refractivity contribution in [3.8, 4) is 16.8 Å². The molecule has 0 unspecified atom stereocenters. The molecular weight excluding hydrogens is 621 g/mol. The summed E-state index contributed by atoms with van der Waals surface area (Å²) in [6, 6.07) is 26.4. The van der Waals surface area contributed by atoms with Crippen LogP contribution in [0.25, 0.3) is 39.5 Å². The van der Waals surface area contributed by atoms with Crippen molar-refractivity contribution in [2.24, 2.45) is 16.5 Å². The Balaban J connectivity index is 1.46. The monoisotopic (exact) mass is 670 g/mol. The number of nitrogens with two attached hydrogens (primary N) is 2. The summed E-state index contributed by atoms with van der Waals surface area (Å²) < 4.78 is 2.47. The van der Waals surface area contributed by atoms with E-state index in [0.29, 0.717) is 12.3 Å². The van der Waals surface area contributed by atoms with Gasteiger partial charge in [0.25, 0.3) is 0 Å². The zero-order valence-electron chi connectivity index (χ0n) is 30.3. The van der Waals surface area contributed by atoms with Gasteiger partial charge in [0, 0.05) is 45.6 Å². The van der Waals surface area contributed by atoms with Gasteiger partial charge in [0.2, 0.25) is 0 Å². The van der Waals surface area contributed by atoms with Gasteiger partial charge >= 0.3 is 0 Å². The number of benzene rings is 3. The van der Waals surface area contributed by atoms with Crippen molar-refractivity contribution in [1.29, 1.82) is 0 Å². The smallest absolute Gasteiger partial charge is 0.131 e. The average Bonchev–Trinajstić information content (AvgIpc) is 3.39. The average molecular weight is 671 g/mol.